The molecule has 49 heavy (non-hydrogen) atoms. The normalized spacial score (nSPS) is 22.9. The van der Waals surface area contributed by atoms with Crippen LogP contribution in [0.1, 0.15) is 129 Å². The second-order valence-electron chi connectivity index (χ2n) is 15.6. The lowest BCUT2D eigenvalue weighted by atomic mass is 9.67. The van der Waals surface area contributed by atoms with Crippen LogP contribution < -0.4 is 16.0 Å². The highest BCUT2D eigenvalue weighted by Crippen LogP contribution is 2.50. The van der Waals surface area contributed by atoms with Gasteiger partial charge in [0.1, 0.15) is 23.8 Å². The minimum atomic E-state index is -1.01. The number of hydrogen-bond acceptors (Lipinski definition) is 8. The number of amides is 4. The van der Waals surface area contributed by atoms with Crippen LogP contribution in [0, 0.1) is 22.7 Å². The van der Waals surface area contributed by atoms with E-state index in [1.54, 1.807) is 4.90 Å². The lowest BCUT2D eigenvalue weighted by Gasteiger charge is -2.38. The Balaban J connectivity index is 1.65. The van der Waals surface area contributed by atoms with Crippen LogP contribution in [0.3, 0.4) is 0 Å². The molecule has 12 heteroatoms. The largest absolute Gasteiger partial charge is 0.344 e. The fourth-order valence-electron chi connectivity index (χ4n) is 8.24. The fraction of sp³-hybridized carbons (Fsp3) is 0.730. The van der Waals surface area contributed by atoms with Gasteiger partial charge in [-0.05, 0) is 54.8 Å². The number of nitrogens with zero attached hydrogens (tertiary/aromatic N) is 3. The Bertz CT molecular complexity index is 1360. The summed E-state index contributed by atoms with van der Waals surface area (Å²) >= 11 is 0. The van der Waals surface area contributed by atoms with Gasteiger partial charge in [0, 0.05) is 25.9 Å². The number of hydrogen-bond donors (Lipinski definition) is 3. The summed E-state index contributed by atoms with van der Waals surface area (Å²) in [5.74, 6) is -3.38. The minimum absolute atomic E-state index is 0.0990. The standard InChI is InChI=1S/C37H56N6O6/c1-7-14-26(30(45)24(3)44)40-34(48)29-23(2)37(17-12-9-13-18-37)22-43(29)35(49)31(36(4,5)6)42-33(47)28(25-15-10-8-11-16-25)41-32(46)27-21-38-19-20-39-27/h19-21,23,25-26,28-29,31H,7-18,22H2,1-6H3,(H,40,48)(H,41,46)(H,42,47)/t23?,26-,28-,29-,31+/m0/s1. The van der Waals surface area contributed by atoms with Crippen molar-refractivity contribution in [1.29, 1.82) is 0 Å². The molecule has 2 heterocycles. The third-order valence-corrected chi connectivity index (χ3v) is 11.1. The van der Waals surface area contributed by atoms with Crippen molar-refractivity contribution < 1.29 is 28.8 Å². The van der Waals surface area contributed by atoms with Crippen LogP contribution in [-0.4, -0.2) is 80.8 Å². The summed E-state index contributed by atoms with van der Waals surface area (Å²) in [7, 11) is 0. The Morgan fingerprint density at radius 3 is 2.16 bits per heavy atom. The quantitative estimate of drug-likeness (QED) is 0.279. The van der Waals surface area contributed by atoms with Crippen LogP contribution in [0.15, 0.2) is 18.6 Å². The molecule has 0 radical (unpaired) electrons. The van der Waals surface area contributed by atoms with E-state index in [0.717, 1.165) is 64.2 Å². The van der Waals surface area contributed by atoms with Crippen molar-refractivity contribution >= 4 is 35.2 Å². The molecule has 5 atom stereocenters. The van der Waals surface area contributed by atoms with Crippen molar-refractivity contribution in [2.45, 2.75) is 143 Å². The van der Waals surface area contributed by atoms with Gasteiger partial charge in [-0.25, -0.2) is 4.98 Å². The van der Waals surface area contributed by atoms with E-state index in [1.165, 1.54) is 25.5 Å². The monoisotopic (exact) mass is 680 g/mol. The van der Waals surface area contributed by atoms with Crippen molar-refractivity contribution in [1.82, 2.24) is 30.8 Å². The topological polar surface area (TPSA) is 168 Å². The molecule has 1 aromatic rings. The zero-order valence-electron chi connectivity index (χ0n) is 30.2. The van der Waals surface area contributed by atoms with Crippen molar-refractivity contribution in [3.63, 3.8) is 0 Å². The Hall–Kier alpha value is -3.70. The van der Waals surface area contributed by atoms with Crippen LogP contribution in [0.4, 0.5) is 0 Å². The second kappa shape index (κ2) is 16.3. The third kappa shape index (κ3) is 8.91. The second-order valence-corrected chi connectivity index (χ2v) is 15.6. The summed E-state index contributed by atoms with van der Waals surface area (Å²) in [4.78, 5) is 90.9. The predicted molar refractivity (Wildman–Crippen MR) is 184 cm³/mol. The van der Waals surface area contributed by atoms with Crippen LogP contribution >= 0.6 is 0 Å². The molecular weight excluding hydrogens is 624 g/mol. The molecule has 2 saturated carbocycles. The number of carbonyl (C=O) groups excluding carboxylic acids is 6. The van der Waals surface area contributed by atoms with Gasteiger partial charge in [-0.2, -0.15) is 0 Å². The van der Waals surface area contributed by atoms with E-state index >= 15 is 0 Å². The maximum absolute atomic E-state index is 14.8. The molecule has 3 N–H and O–H groups in total. The average molecular weight is 681 g/mol. The van der Waals surface area contributed by atoms with E-state index in [-0.39, 0.29) is 28.9 Å². The lowest BCUT2D eigenvalue weighted by Crippen LogP contribution is -2.62. The molecule has 1 aliphatic heterocycles. The van der Waals surface area contributed by atoms with Crippen LogP contribution in [-0.2, 0) is 24.0 Å². The number of carbonyl (C=O) groups is 6. The van der Waals surface area contributed by atoms with Gasteiger partial charge in [-0.1, -0.05) is 79.6 Å². The predicted octanol–water partition coefficient (Wildman–Crippen LogP) is 3.93. The average Bonchev–Trinajstić information content (AvgIpc) is 3.36. The third-order valence-electron chi connectivity index (χ3n) is 11.1. The lowest BCUT2D eigenvalue weighted by molar-refractivity contribution is -0.145. The van der Waals surface area contributed by atoms with Crippen molar-refractivity contribution in [2.75, 3.05) is 6.54 Å². The summed E-state index contributed by atoms with van der Waals surface area (Å²) in [6.07, 6.45) is 14.4. The molecule has 1 unspecified atom stereocenters. The molecule has 0 aromatic carbocycles. The molecular formula is C37H56N6O6. The van der Waals surface area contributed by atoms with Crippen molar-refractivity contribution in [3.8, 4) is 0 Å². The van der Waals surface area contributed by atoms with Crippen LogP contribution in [0.2, 0.25) is 0 Å². The number of nitrogens with one attached hydrogen (secondary N) is 3. The zero-order chi connectivity index (χ0) is 35.9. The van der Waals surface area contributed by atoms with Gasteiger partial charge in [0.15, 0.2) is 5.78 Å². The van der Waals surface area contributed by atoms with Crippen LogP contribution in [0.25, 0.3) is 0 Å². The summed E-state index contributed by atoms with van der Waals surface area (Å²) < 4.78 is 0. The van der Waals surface area contributed by atoms with Gasteiger partial charge in [0.2, 0.25) is 23.5 Å². The number of aromatic nitrogens is 2. The Morgan fingerprint density at radius 2 is 1.59 bits per heavy atom. The number of rotatable bonds is 12. The highest BCUT2D eigenvalue weighted by molar-refractivity contribution is 6.38. The van der Waals surface area contributed by atoms with E-state index in [4.69, 9.17) is 0 Å². The highest BCUT2D eigenvalue weighted by atomic mass is 16.2. The molecule has 1 spiro atoms. The highest BCUT2D eigenvalue weighted by Gasteiger charge is 2.56. The van der Waals surface area contributed by atoms with E-state index in [9.17, 15) is 28.8 Å². The maximum Gasteiger partial charge on any atom is 0.272 e. The van der Waals surface area contributed by atoms with Gasteiger partial charge in [-0.15, -0.1) is 0 Å². The first-order chi connectivity index (χ1) is 23.2. The van der Waals surface area contributed by atoms with Gasteiger partial charge in [-0.3, -0.25) is 33.8 Å². The SMILES string of the molecule is CCC[C@H](NC(=O)[C@@H]1C(C)C2(CCCCC2)CN1C(=O)[C@@H](NC(=O)[C@@H](NC(=O)c1cnccn1)C1CCCCC1)C(C)(C)C)C(=O)C(C)=O. The molecule has 3 aliphatic rings. The smallest absolute Gasteiger partial charge is 0.272 e. The number of likely N-dealkylation sites (tertiary alicyclic amines) is 1. The van der Waals surface area contributed by atoms with Gasteiger partial charge < -0.3 is 20.9 Å². The number of ketones is 2. The Labute approximate surface area is 290 Å². The molecule has 4 rings (SSSR count). The first kappa shape index (κ1) is 38.1. The van der Waals surface area contributed by atoms with Crippen molar-refractivity contribution in [2.24, 2.45) is 22.7 Å². The molecule has 270 valence electrons. The zero-order valence-corrected chi connectivity index (χ0v) is 30.2. The number of Topliss-reactive ketones (excluding diaryl/α,β-unsaturated/α-hetero) is 2. The molecule has 1 saturated heterocycles. The van der Waals surface area contributed by atoms with E-state index in [1.807, 2.05) is 34.6 Å². The van der Waals surface area contributed by atoms with E-state index < -0.39 is 58.9 Å². The minimum Gasteiger partial charge on any atom is -0.344 e. The first-order valence-electron chi connectivity index (χ1n) is 18.2. The molecule has 0 bridgehead atoms. The Morgan fingerprint density at radius 1 is 0.939 bits per heavy atom. The summed E-state index contributed by atoms with van der Waals surface area (Å²) in [5, 5.41) is 8.78. The van der Waals surface area contributed by atoms with Crippen molar-refractivity contribution in [3.05, 3.63) is 24.3 Å². The molecule has 3 fully saturated rings. The molecule has 2 aliphatic carbocycles. The van der Waals surface area contributed by atoms with Gasteiger partial charge in [0.25, 0.3) is 5.91 Å². The summed E-state index contributed by atoms with van der Waals surface area (Å²) in [5.41, 5.74) is -0.926. The molecule has 4 amide bonds. The van der Waals surface area contributed by atoms with Gasteiger partial charge in [0.05, 0.1) is 12.2 Å². The van der Waals surface area contributed by atoms with Gasteiger partial charge >= 0.3 is 0 Å². The van der Waals surface area contributed by atoms with E-state index in [2.05, 4.69) is 25.9 Å². The molecule has 1 aromatic heterocycles. The summed E-state index contributed by atoms with van der Waals surface area (Å²) in [6, 6.07) is -3.74. The van der Waals surface area contributed by atoms with Crippen LogP contribution in [0.5, 0.6) is 0 Å². The fourth-order valence-corrected chi connectivity index (χ4v) is 8.24. The maximum atomic E-state index is 14.8. The molecule has 12 nitrogen and oxygen atoms in total. The van der Waals surface area contributed by atoms with E-state index in [0.29, 0.717) is 19.4 Å². The summed E-state index contributed by atoms with van der Waals surface area (Å²) in [6.45, 7) is 11.1. The first-order valence-corrected chi connectivity index (χ1v) is 18.2. The Kier molecular flexibility index (Phi) is 12.7.